The molecule has 0 saturated carbocycles. The molecule has 0 spiro atoms. The van der Waals surface area contributed by atoms with E-state index in [0.717, 1.165) is 28.0 Å². The summed E-state index contributed by atoms with van der Waals surface area (Å²) in [5.41, 5.74) is 9.02. The topological polar surface area (TPSA) is 43.8 Å². The quantitative estimate of drug-likeness (QED) is 0.730. The van der Waals surface area contributed by atoms with E-state index in [1.54, 1.807) is 6.20 Å². The molecule has 0 fully saturated rings. The van der Waals surface area contributed by atoms with Crippen LogP contribution in [0, 0.1) is 0 Å². The molecule has 112 valence electrons. The Morgan fingerprint density at radius 1 is 1.14 bits per heavy atom. The lowest BCUT2D eigenvalue weighted by Crippen LogP contribution is -2.03. The first-order valence-electron chi connectivity index (χ1n) is 6.91. The monoisotopic (exact) mass is 375 g/mol. The molecule has 22 heavy (non-hydrogen) atoms. The molecule has 0 unspecified atom stereocenters. The molecular formula is C17H15BrClN3. The van der Waals surface area contributed by atoms with Gasteiger partial charge in [-0.2, -0.15) is 0 Å². The van der Waals surface area contributed by atoms with E-state index < -0.39 is 0 Å². The van der Waals surface area contributed by atoms with Crippen molar-refractivity contribution < 1.29 is 0 Å². The lowest BCUT2D eigenvalue weighted by atomic mass is 10.1. The van der Waals surface area contributed by atoms with E-state index >= 15 is 0 Å². The van der Waals surface area contributed by atoms with Crippen LogP contribution < -0.4 is 5.73 Å². The Hall–Kier alpha value is -1.62. The van der Waals surface area contributed by atoms with Gasteiger partial charge in [0.25, 0.3) is 0 Å². The molecule has 0 saturated heterocycles. The molecule has 0 aliphatic rings. The summed E-state index contributed by atoms with van der Waals surface area (Å²) in [7, 11) is 0. The molecule has 0 radical (unpaired) electrons. The van der Waals surface area contributed by atoms with Gasteiger partial charge in [0.05, 0.1) is 0 Å². The maximum Gasteiger partial charge on any atom is 0.140 e. The molecule has 0 bridgehead atoms. The highest BCUT2D eigenvalue weighted by molar-refractivity contribution is 9.10. The molecule has 0 atom stereocenters. The average molecular weight is 377 g/mol. The molecule has 5 heteroatoms. The lowest BCUT2D eigenvalue weighted by Gasteiger charge is -2.10. The minimum absolute atomic E-state index is 0.547. The van der Waals surface area contributed by atoms with E-state index in [0.29, 0.717) is 11.6 Å². The smallest absolute Gasteiger partial charge is 0.140 e. The van der Waals surface area contributed by atoms with Gasteiger partial charge in [-0.1, -0.05) is 51.8 Å². The fourth-order valence-electron chi connectivity index (χ4n) is 2.43. The van der Waals surface area contributed by atoms with Crippen molar-refractivity contribution in [1.29, 1.82) is 0 Å². The number of hydrogen-bond acceptors (Lipinski definition) is 2. The van der Waals surface area contributed by atoms with Gasteiger partial charge in [0.1, 0.15) is 5.82 Å². The van der Waals surface area contributed by atoms with Crippen LogP contribution in [0.3, 0.4) is 0 Å². The first-order chi connectivity index (χ1) is 10.7. The zero-order valence-corrected chi connectivity index (χ0v) is 14.2. The third-order valence-electron chi connectivity index (χ3n) is 3.42. The fraction of sp³-hybridized carbons (Fsp3) is 0.118. The summed E-state index contributed by atoms with van der Waals surface area (Å²) < 4.78 is 3.04. The first kappa shape index (κ1) is 15.3. The van der Waals surface area contributed by atoms with Crippen molar-refractivity contribution >= 4 is 27.5 Å². The normalized spacial score (nSPS) is 10.9. The number of nitrogens with zero attached hydrogens (tertiary/aromatic N) is 2. The molecule has 2 aromatic carbocycles. The van der Waals surface area contributed by atoms with Crippen LogP contribution in [-0.2, 0) is 13.1 Å². The average Bonchev–Trinajstić information content (AvgIpc) is 2.94. The summed E-state index contributed by atoms with van der Waals surface area (Å²) in [6.45, 7) is 1.29. The Morgan fingerprint density at radius 3 is 2.73 bits per heavy atom. The summed E-state index contributed by atoms with van der Waals surface area (Å²) >= 11 is 9.61. The van der Waals surface area contributed by atoms with Crippen molar-refractivity contribution in [3.63, 3.8) is 0 Å². The van der Waals surface area contributed by atoms with E-state index in [4.69, 9.17) is 17.3 Å². The second-order valence-corrected chi connectivity index (χ2v) is 6.41. The Kier molecular flexibility index (Phi) is 4.62. The first-order valence-corrected chi connectivity index (χ1v) is 8.08. The Morgan fingerprint density at radius 2 is 1.95 bits per heavy atom. The van der Waals surface area contributed by atoms with Gasteiger partial charge in [0, 0.05) is 40.5 Å². The van der Waals surface area contributed by atoms with Gasteiger partial charge >= 0.3 is 0 Å². The van der Waals surface area contributed by atoms with Crippen molar-refractivity contribution in [2.24, 2.45) is 5.73 Å². The van der Waals surface area contributed by atoms with Crippen molar-refractivity contribution in [3.8, 4) is 11.4 Å². The van der Waals surface area contributed by atoms with Gasteiger partial charge in [-0.25, -0.2) is 4.98 Å². The van der Waals surface area contributed by atoms with E-state index in [-0.39, 0.29) is 0 Å². The van der Waals surface area contributed by atoms with E-state index in [1.165, 1.54) is 5.56 Å². The van der Waals surface area contributed by atoms with Crippen LogP contribution >= 0.6 is 27.5 Å². The lowest BCUT2D eigenvalue weighted by molar-refractivity contribution is 0.805. The van der Waals surface area contributed by atoms with Crippen LogP contribution in [0.25, 0.3) is 11.4 Å². The molecule has 0 aliphatic heterocycles. The minimum Gasteiger partial charge on any atom is -0.327 e. The van der Waals surface area contributed by atoms with Gasteiger partial charge in [-0.15, -0.1) is 0 Å². The number of imidazole rings is 1. The number of halogens is 2. The standard InChI is InChI=1S/C17H15BrClN3/c18-15-7-14(8-16(19)9-15)17-21-4-5-22(17)11-13-3-1-2-12(6-13)10-20/h1-9H,10-11,20H2. The molecular weight excluding hydrogens is 362 g/mol. The number of benzene rings is 2. The van der Waals surface area contributed by atoms with Crippen LogP contribution in [0.2, 0.25) is 5.02 Å². The van der Waals surface area contributed by atoms with E-state index in [9.17, 15) is 0 Å². The van der Waals surface area contributed by atoms with Gasteiger partial charge in [0.15, 0.2) is 0 Å². The Bertz CT molecular complexity index is 778. The van der Waals surface area contributed by atoms with Gasteiger partial charge in [-0.3, -0.25) is 0 Å². The summed E-state index contributed by atoms with van der Waals surface area (Å²) in [5.74, 6) is 0.890. The van der Waals surface area contributed by atoms with Crippen molar-refractivity contribution in [2.45, 2.75) is 13.1 Å². The highest BCUT2D eigenvalue weighted by Gasteiger charge is 2.08. The number of hydrogen-bond donors (Lipinski definition) is 1. The molecule has 3 aromatic rings. The number of aromatic nitrogens is 2. The summed E-state index contributed by atoms with van der Waals surface area (Å²) in [4.78, 5) is 4.47. The number of rotatable bonds is 4. The maximum absolute atomic E-state index is 6.14. The predicted octanol–water partition coefficient (Wildman–Crippen LogP) is 4.47. The van der Waals surface area contributed by atoms with Crippen molar-refractivity contribution in [3.05, 3.63) is 75.5 Å². The SMILES string of the molecule is NCc1cccc(Cn2ccnc2-c2cc(Cl)cc(Br)c2)c1. The van der Waals surface area contributed by atoms with Crippen LogP contribution in [0.4, 0.5) is 0 Å². The summed E-state index contributed by atoms with van der Waals surface area (Å²) in [6.07, 6.45) is 3.77. The second-order valence-electron chi connectivity index (χ2n) is 5.06. The molecule has 2 N–H and O–H groups in total. The van der Waals surface area contributed by atoms with Crippen molar-refractivity contribution in [1.82, 2.24) is 9.55 Å². The Balaban J connectivity index is 1.94. The molecule has 1 aromatic heterocycles. The van der Waals surface area contributed by atoms with Crippen LogP contribution in [0.15, 0.2) is 59.3 Å². The number of nitrogens with two attached hydrogens (primary N) is 1. The van der Waals surface area contributed by atoms with E-state index in [1.807, 2.05) is 36.5 Å². The van der Waals surface area contributed by atoms with Crippen molar-refractivity contribution in [2.75, 3.05) is 0 Å². The van der Waals surface area contributed by atoms with Gasteiger partial charge in [0.2, 0.25) is 0 Å². The molecule has 3 nitrogen and oxygen atoms in total. The maximum atomic E-state index is 6.14. The molecule has 0 aliphatic carbocycles. The van der Waals surface area contributed by atoms with Gasteiger partial charge in [-0.05, 0) is 29.3 Å². The zero-order chi connectivity index (χ0) is 15.5. The third-order valence-corrected chi connectivity index (χ3v) is 4.09. The van der Waals surface area contributed by atoms with Gasteiger partial charge < -0.3 is 10.3 Å². The third kappa shape index (κ3) is 3.40. The fourth-order valence-corrected chi connectivity index (χ4v) is 3.29. The molecule has 1 heterocycles. The summed E-state index contributed by atoms with van der Waals surface area (Å²) in [6, 6.07) is 14.1. The zero-order valence-electron chi connectivity index (χ0n) is 11.8. The van der Waals surface area contributed by atoms with Crippen LogP contribution in [-0.4, -0.2) is 9.55 Å². The predicted molar refractivity (Wildman–Crippen MR) is 93.8 cm³/mol. The molecule has 0 amide bonds. The minimum atomic E-state index is 0.547. The summed E-state index contributed by atoms with van der Waals surface area (Å²) in [5, 5.41) is 0.684. The largest absolute Gasteiger partial charge is 0.327 e. The highest BCUT2D eigenvalue weighted by atomic mass is 79.9. The highest BCUT2D eigenvalue weighted by Crippen LogP contribution is 2.27. The Labute approximate surface area is 142 Å². The second kappa shape index (κ2) is 6.65. The van der Waals surface area contributed by atoms with E-state index in [2.05, 4.69) is 37.6 Å². The van der Waals surface area contributed by atoms with Crippen LogP contribution in [0.5, 0.6) is 0 Å². The van der Waals surface area contributed by atoms with Crippen LogP contribution in [0.1, 0.15) is 11.1 Å². The molecule has 3 rings (SSSR count).